The molecule has 1 saturated carbocycles. The van der Waals surface area contributed by atoms with E-state index in [0.717, 1.165) is 5.69 Å². The van der Waals surface area contributed by atoms with Crippen LogP contribution in [0.2, 0.25) is 0 Å². The maximum atomic E-state index is 5.72. The van der Waals surface area contributed by atoms with Crippen LogP contribution in [0.3, 0.4) is 0 Å². The van der Waals surface area contributed by atoms with E-state index in [2.05, 4.69) is 26.0 Å². The molecule has 0 spiro atoms. The van der Waals surface area contributed by atoms with E-state index in [1.165, 1.54) is 31.2 Å². The van der Waals surface area contributed by atoms with E-state index in [0.29, 0.717) is 11.3 Å². The molecule has 2 rings (SSSR count). The van der Waals surface area contributed by atoms with E-state index in [-0.39, 0.29) is 0 Å². The number of rotatable bonds is 1. The van der Waals surface area contributed by atoms with Crippen molar-refractivity contribution < 1.29 is 0 Å². The van der Waals surface area contributed by atoms with E-state index >= 15 is 0 Å². The maximum absolute atomic E-state index is 5.72. The number of nitrogens with two attached hydrogens (primary N) is 1. The molecule has 1 aromatic rings. The second kappa shape index (κ2) is 3.88. The van der Waals surface area contributed by atoms with Gasteiger partial charge in [-0.2, -0.15) is 0 Å². The minimum Gasteiger partial charge on any atom is -0.399 e. The molecule has 1 fully saturated rings. The first-order chi connectivity index (χ1) is 7.09. The van der Waals surface area contributed by atoms with Gasteiger partial charge in [0.05, 0.1) is 0 Å². The summed E-state index contributed by atoms with van der Waals surface area (Å²) in [5.41, 5.74) is 8.51. The molecule has 0 radical (unpaired) electrons. The van der Waals surface area contributed by atoms with Crippen molar-refractivity contribution in [1.82, 2.24) is 0 Å². The number of hydrogen-bond donors (Lipinski definition) is 1. The Hall–Kier alpha value is -0.980. The Labute approximate surface area is 92.7 Å². The molecule has 82 valence electrons. The molecule has 0 amide bonds. The van der Waals surface area contributed by atoms with Crippen molar-refractivity contribution in [2.24, 2.45) is 5.41 Å². The van der Waals surface area contributed by atoms with Crippen molar-refractivity contribution in [3.05, 3.63) is 29.8 Å². The molecule has 1 aliphatic carbocycles. The Bertz CT molecular complexity index is 324. The molecule has 0 aromatic heterocycles. The van der Waals surface area contributed by atoms with E-state index in [4.69, 9.17) is 5.73 Å². The SMILES string of the molecule is CC1(C)CCCC[C@@H]1c1ccc(N)cc1. The van der Waals surface area contributed by atoms with Gasteiger partial charge in [0, 0.05) is 5.69 Å². The van der Waals surface area contributed by atoms with E-state index in [9.17, 15) is 0 Å². The molecule has 15 heavy (non-hydrogen) atoms. The van der Waals surface area contributed by atoms with Crippen LogP contribution >= 0.6 is 0 Å². The Kier molecular flexibility index (Phi) is 2.72. The Morgan fingerprint density at radius 3 is 2.40 bits per heavy atom. The minimum absolute atomic E-state index is 0.453. The van der Waals surface area contributed by atoms with E-state index in [1.54, 1.807) is 0 Å². The van der Waals surface area contributed by atoms with Crippen LogP contribution in [0.1, 0.15) is 51.0 Å². The zero-order valence-corrected chi connectivity index (χ0v) is 9.79. The van der Waals surface area contributed by atoms with Gasteiger partial charge in [0.2, 0.25) is 0 Å². The summed E-state index contributed by atoms with van der Waals surface area (Å²) in [4.78, 5) is 0. The highest BCUT2D eigenvalue weighted by Gasteiger charge is 2.32. The molecule has 0 aliphatic heterocycles. The van der Waals surface area contributed by atoms with Crippen LogP contribution in [0.25, 0.3) is 0 Å². The predicted molar refractivity (Wildman–Crippen MR) is 65.8 cm³/mol. The Morgan fingerprint density at radius 1 is 1.13 bits per heavy atom. The van der Waals surface area contributed by atoms with Crippen molar-refractivity contribution >= 4 is 5.69 Å². The van der Waals surface area contributed by atoms with Gasteiger partial charge < -0.3 is 5.73 Å². The normalized spacial score (nSPS) is 25.1. The summed E-state index contributed by atoms with van der Waals surface area (Å²) in [6, 6.07) is 8.46. The topological polar surface area (TPSA) is 26.0 Å². The highest BCUT2D eigenvalue weighted by atomic mass is 14.5. The van der Waals surface area contributed by atoms with Gasteiger partial charge in [-0.3, -0.25) is 0 Å². The maximum Gasteiger partial charge on any atom is 0.0314 e. The number of hydrogen-bond acceptors (Lipinski definition) is 1. The van der Waals surface area contributed by atoms with Crippen LogP contribution in [-0.2, 0) is 0 Å². The summed E-state index contributed by atoms with van der Waals surface area (Å²) in [7, 11) is 0. The number of benzene rings is 1. The third-order valence-electron chi connectivity index (χ3n) is 3.85. The van der Waals surface area contributed by atoms with Crippen LogP contribution in [0.4, 0.5) is 5.69 Å². The Balaban J connectivity index is 2.25. The van der Waals surface area contributed by atoms with Crippen LogP contribution in [-0.4, -0.2) is 0 Å². The molecular formula is C14H21N. The van der Waals surface area contributed by atoms with Crippen molar-refractivity contribution in [1.29, 1.82) is 0 Å². The molecule has 0 saturated heterocycles. The zero-order valence-electron chi connectivity index (χ0n) is 9.79. The van der Waals surface area contributed by atoms with Gasteiger partial charge in [0.1, 0.15) is 0 Å². The fraction of sp³-hybridized carbons (Fsp3) is 0.571. The van der Waals surface area contributed by atoms with Crippen molar-refractivity contribution in [2.75, 3.05) is 5.73 Å². The third-order valence-corrected chi connectivity index (χ3v) is 3.85. The summed E-state index contributed by atoms with van der Waals surface area (Å²) in [5.74, 6) is 0.715. The highest BCUT2D eigenvalue weighted by molar-refractivity contribution is 5.40. The minimum atomic E-state index is 0.453. The van der Waals surface area contributed by atoms with Gasteiger partial charge in [-0.25, -0.2) is 0 Å². The van der Waals surface area contributed by atoms with Gasteiger partial charge in [-0.15, -0.1) is 0 Å². The second-order valence-corrected chi connectivity index (χ2v) is 5.45. The predicted octanol–water partition coefficient (Wildman–Crippen LogP) is 3.95. The lowest BCUT2D eigenvalue weighted by Crippen LogP contribution is -2.25. The quantitative estimate of drug-likeness (QED) is 0.687. The summed E-state index contributed by atoms with van der Waals surface area (Å²) >= 11 is 0. The van der Waals surface area contributed by atoms with Crippen molar-refractivity contribution in [2.45, 2.75) is 45.4 Å². The third kappa shape index (κ3) is 2.17. The summed E-state index contributed by atoms with van der Waals surface area (Å²) in [6.07, 6.45) is 5.44. The molecular weight excluding hydrogens is 182 g/mol. The molecule has 1 aromatic carbocycles. The first kappa shape index (κ1) is 10.5. The average molecular weight is 203 g/mol. The van der Waals surface area contributed by atoms with Crippen molar-refractivity contribution in [3.63, 3.8) is 0 Å². The monoisotopic (exact) mass is 203 g/mol. The average Bonchev–Trinajstić information content (AvgIpc) is 2.19. The van der Waals surface area contributed by atoms with Crippen LogP contribution < -0.4 is 5.73 Å². The highest BCUT2D eigenvalue weighted by Crippen LogP contribution is 2.46. The second-order valence-electron chi connectivity index (χ2n) is 5.45. The van der Waals surface area contributed by atoms with Crippen LogP contribution in [0.15, 0.2) is 24.3 Å². The number of nitrogen functional groups attached to an aromatic ring is 1. The van der Waals surface area contributed by atoms with Crippen LogP contribution in [0, 0.1) is 5.41 Å². The molecule has 0 unspecified atom stereocenters. The van der Waals surface area contributed by atoms with Gasteiger partial charge >= 0.3 is 0 Å². The molecule has 1 nitrogen and oxygen atoms in total. The van der Waals surface area contributed by atoms with E-state index < -0.39 is 0 Å². The van der Waals surface area contributed by atoms with Gasteiger partial charge in [-0.05, 0) is 41.9 Å². The first-order valence-electron chi connectivity index (χ1n) is 5.95. The fourth-order valence-corrected chi connectivity index (χ4v) is 2.84. The number of anilines is 1. The summed E-state index contributed by atoms with van der Waals surface area (Å²) < 4.78 is 0. The molecule has 2 N–H and O–H groups in total. The van der Waals surface area contributed by atoms with Gasteiger partial charge in [0.15, 0.2) is 0 Å². The van der Waals surface area contributed by atoms with Gasteiger partial charge in [-0.1, -0.05) is 38.8 Å². The van der Waals surface area contributed by atoms with Crippen molar-refractivity contribution in [3.8, 4) is 0 Å². The van der Waals surface area contributed by atoms with E-state index in [1.807, 2.05) is 12.1 Å². The van der Waals surface area contributed by atoms with Crippen LogP contribution in [0.5, 0.6) is 0 Å². The lowest BCUT2D eigenvalue weighted by atomic mass is 9.66. The molecule has 1 aliphatic rings. The molecule has 1 atom stereocenters. The first-order valence-corrected chi connectivity index (χ1v) is 5.95. The smallest absolute Gasteiger partial charge is 0.0314 e. The lowest BCUT2D eigenvalue weighted by Gasteiger charge is -2.39. The summed E-state index contributed by atoms with van der Waals surface area (Å²) in [5, 5.41) is 0. The fourth-order valence-electron chi connectivity index (χ4n) is 2.84. The molecule has 0 bridgehead atoms. The molecule has 0 heterocycles. The molecule has 1 heteroatoms. The zero-order chi connectivity index (χ0) is 10.9. The summed E-state index contributed by atoms with van der Waals surface area (Å²) in [6.45, 7) is 4.79. The van der Waals surface area contributed by atoms with Gasteiger partial charge in [0.25, 0.3) is 0 Å². The standard InChI is InChI=1S/C14H21N/c1-14(2)10-4-3-5-13(14)11-6-8-12(15)9-7-11/h6-9,13H,3-5,10,15H2,1-2H3/t13-/m1/s1. The Morgan fingerprint density at radius 2 is 1.80 bits per heavy atom. The lowest BCUT2D eigenvalue weighted by molar-refractivity contribution is 0.199. The largest absolute Gasteiger partial charge is 0.399 e.